The van der Waals surface area contributed by atoms with E-state index in [1.165, 1.54) is 0 Å². The number of benzene rings is 2. The Morgan fingerprint density at radius 2 is 0.678 bits per heavy atom. The van der Waals surface area contributed by atoms with Crippen LogP contribution in [-0.2, 0) is 61.8 Å². The molecule has 0 atom stereocenters. The molecule has 6 rings (SSSR count). The molecule has 4 aliphatic heterocycles. The molecule has 0 spiro atoms. The second-order valence-corrected chi connectivity index (χ2v) is 35.7. The molecule has 14 nitrogen and oxygen atoms in total. The van der Waals surface area contributed by atoms with Crippen LogP contribution in [-0.4, -0.2) is 127 Å². The number of ether oxygens (including phenoxy) is 4. The summed E-state index contributed by atoms with van der Waals surface area (Å²) in [6.45, 7) is 54.7. The van der Waals surface area contributed by atoms with Gasteiger partial charge in [-0.3, -0.25) is 29.0 Å². The van der Waals surface area contributed by atoms with Crippen molar-refractivity contribution in [3.8, 4) is 11.5 Å². The number of carbonyl (C=O) groups is 4. The summed E-state index contributed by atoms with van der Waals surface area (Å²) >= 11 is 0. The Balaban J connectivity index is 0.000000328. The van der Waals surface area contributed by atoms with Gasteiger partial charge in [-0.25, -0.2) is 0 Å². The zero-order chi connectivity index (χ0) is 68.8. The van der Waals surface area contributed by atoms with Crippen molar-refractivity contribution in [1.82, 2.24) is 20.4 Å². The molecule has 0 saturated carbocycles. The first-order chi connectivity index (χ1) is 40.7. The lowest BCUT2D eigenvalue weighted by Crippen LogP contribution is -2.61. The minimum absolute atomic E-state index is 0.157. The quantitative estimate of drug-likeness (QED) is 0.0630. The number of hydrogen-bond acceptors (Lipinski definition) is 14. The van der Waals surface area contributed by atoms with Crippen LogP contribution in [0.3, 0.4) is 0 Å². The molecule has 2 aromatic carbocycles. The molecule has 0 aromatic heterocycles. The van der Waals surface area contributed by atoms with Gasteiger partial charge in [0.15, 0.2) is 10.8 Å². The van der Waals surface area contributed by atoms with Gasteiger partial charge in [-0.05, 0) is 209 Å². The average molecular weight is 1260 g/mol. The molecule has 0 aliphatic carbocycles. The summed E-state index contributed by atoms with van der Waals surface area (Å²) < 4.78 is 25.8. The predicted octanol–water partition coefficient (Wildman–Crippen LogP) is 15.5. The van der Waals surface area contributed by atoms with E-state index in [1.54, 1.807) is 0 Å². The largest absolute Gasteiger partial charge is 0.507 e. The molecule has 4 saturated heterocycles. The Kier molecular flexibility index (Phi) is 23.1. The van der Waals surface area contributed by atoms with Crippen LogP contribution in [0.5, 0.6) is 11.5 Å². The molecule has 90 heavy (non-hydrogen) atoms. The van der Waals surface area contributed by atoms with Crippen molar-refractivity contribution in [1.29, 1.82) is 0 Å². The molecule has 0 radical (unpaired) electrons. The van der Waals surface area contributed by atoms with Gasteiger partial charge < -0.3 is 39.8 Å². The summed E-state index contributed by atoms with van der Waals surface area (Å²) in [6, 6.07) is 7.74. The zero-order valence-electron chi connectivity index (χ0n) is 62.0. The van der Waals surface area contributed by atoms with Crippen molar-refractivity contribution in [2.75, 3.05) is 14.1 Å². The molecular weight excluding hydrogens is 1130 g/mol. The average Bonchev–Trinajstić information content (AvgIpc) is 0.854. The molecule has 0 unspecified atom stereocenters. The maximum absolute atomic E-state index is 14.8. The number of piperidine rings is 4. The number of nitrogens with zero attached hydrogens (tertiary/aromatic N) is 2. The standard InChI is InChI=1S/C39H66N2O5.C37H62N2O5/c1-16-17-18-39(21-27-19-26(2)31(42)30(20-27)34(3,4)5,32(43)45-28-22-35(6,7)40(14)36(8,9)23-28)33(44)46-29-24-37(10,11)41(15)38(12,13)25-29;1-14-15-16-37(19-25-17-24(2)29(40)28(18-25)32(3,4)5,30(41)43-26-20-33(6,7)38-34(8,9)21-26)31(42)44-27-22-35(10,11)39-36(12,13)23-27/h19-20,28-29,42H,16-18,21-25H2,1-15H3;17-18,26-27,38-40H,14-16,19-23H2,1-13H3. The molecule has 0 amide bonds. The van der Waals surface area contributed by atoms with Crippen LogP contribution in [0, 0.1) is 24.7 Å². The van der Waals surface area contributed by atoms with Crippen LogP contribution in [0.1, 0.15) is 289 Å². The monoisotopic (exact) mass is 1260 g/mol. The van der Waals surface area contributed by atoms with E-state index >= 15 is 0 Å². The molecule has 4 aliphatic rings. The summed E-state index contributed by atoms with van der Waals surface area (Å²) in [5.41, 5.74) is -0.569. The number of phenolic OH excluding ortho intramolecular Hbond substituents is 2. The molecule has 4 heterocycles. The van der Waals surface area contributed by atoms with Gasteiger partial charge in [0.2, 0.25) is 0 Å². The number of likely N-dealkylation sites (tertiary alicyclic amines) is 2. The highest BCUT2D eigenvalue weighted by Gasteiger charge is 2.56. The maximum Gasteiger partial charge on any atom is 0.324 e. The summed E-state index contributed by atoms with van der Waals surface area (Å²) in [6.07, 6.45) is 8.06. The van der Waals surface area contributed by atoms with Gasteiger partial charge in [0.1, 0.15) is 35.9 Å². The van der Waals surface area contributed by atoms with Gasteiger partial charge in [-0.1, -0.05) is 105 Å². The molecule has 2 aromatic rings. The predicted molar refractivity (Wildman–Crippen MR) is 365 cm³/mol. The third kappa shape index (κ3) is 18.6. The van der Waals surface area contributed by atoms with Gasteiger partial charge in [-0.15, -0.1) is 0 Å². The first-order valence-electron chi connectivity index (χ1n) is 34.3. The van der Waals surface area contributed by atoms with Crippen molar-refractivity contribution < 1.29 is 48.3 Å². The number of phenols is 2. The Bertz CT molecular complexity index is 2690. The van der Waals surface area contributed by atoms with E-state index in [4.69, 9.17) is 18.9 Å². The molecular formula is C76H128N4O10. The van der Waals surface area contributed by atoms with E-state index in [0.717, 1.165) is 46.2 Å². The molecule has 0 bridgehead atoms. The first-order valence-corrected chi connectivity index (χ1v) is 34.3. The Morgan fingerprint density at radius 3 is 0.900 bits per heavy atom. The minimum atomic E-state index is -1.51. The van der Waals surface area contributed by atoms with Crippen molar-refractivity contribution in [2.45, 2.75) is 362 Å². The highest BCUT2D eigenvalue weighted by molar-refractivity contribution is 6.01. The van der Waals surface area contributed by atoms with Crippen LogP contribution >= 0.6 is 0 Å². The highest BCUT2D eigenvalue weighted by atomic mass is 16.6. The maximum atomic E-state index is 14.8. The Morgan fingerprint density at radius 1 is 0.444 bits per heavy atom. The Hall–Kier alpha value is -4.24. The molecule has 4 N–H and O–H groups in total. The van der Waals surface area contributed by atoms with E-state index in [2.05, 4.69) is 201 Å². The van der Waals surface area contributed by atoms with Gasteiger partial charge in [0.25, 0.3) is 0 Å². The lowest BCUT2D eigenvalue weighted by atomic mass is 9.74. The van der Waals surface area contributed by atoms with Crippen LogP contribution in [0.15, 0.2) is 24.3 Å². The summed E-state index contributed by atoms with van der Waals surface area (Å²) in [5, 5.41) is 29.3. The summed E-state index contributed by atoms with van der Waals surface area (Å²) in [4.78, 5) is 63.5. The van der Waals surface area contributed by atoms with Crippen LogP contribution < -0.4 is 10.6 Å². The fourth-order valence-corrected chi connectivity index (χ4v) is 16.2. The van der Waals surface area contributed by atoms with Crippen molar-refractivity contribution >= 4 is 23.9 Å². The number of carbonyl (C=O) groups excluding carboxylic acids is 4. The second-order valence-electron chi connectivity index (χ2n) is 35.7. The van der Waals surface area contributed by atoms with Crippen LogP contribution in [0.4, 0.5) is 0 Å². The van der Waals surface area contributed by atoms with Gasteiger partial charge in [-0.2, -0.15) is 0 Å². The second kappa shape index (κ2) is 27.2. The lowest BCUT2D eigenvalue weighted by molar-refractivity contribution is -0.189. The number of aromatic hydroxyl groups is 2. The van der Waals surface area contributed by atoms with E-state index in [9.17, 15) is 29.4 Å². The van der Waals surface area contributed by atoms with E-state index < -0.39 is 34.7 Å². The van der Waals surface area contributed by atoms with Crippen molar-refractivity contribution in [3.63, 3.8) is 0 Å². The van der Waals surface area contributed by atoms with Crippen molar-refractivity contribution in [3.05, 3.63) is 57.6 Å². The number of esters is 4. The molecule has 4 fully saturated rings. The highest BCUT2D eigenvalue weighted by Crippen LogP contribution is 2.46. The van der Waals surface area contributed by atoms with E-state index in [1.807, 2.05) is 38.1 Å². The van der Waals surface area contributed by atoms with Crippen LogP contribution in [0.2, 0.25) is 0 Å². The number of rotatable bonds is 18. The third-order valence-corrected chi connectivity index (χ3v) is 20.8. The normalized spacial score (nSPS) is 22.2. The number of unbranched alkanes of at least 4 members (excludes halogenated alkanes) is 2. The van der Waals surface area contributed by atoms with Gasteiger partial charge in [0, 0.05) is 95.7 Å². The third-order valence-electron chi connectivity index (χ3n) is 20.8. The summed E-state index contributed by atoms with van der Waals surface area (Å²) in [7, 11) is 4.26. The van der Waals surface area contributed by atoms with E-state index in [0.29, 0.717) is 77.0 Å². The van der Waals surface area contributed by atoms with Gasteiger partial charge in [0.05, 0.1) is 0 Å². The first kappa shape index (κ1) is 76.5. The van der Waals surface area contributed by atoms with E-state index in [-0.39, 0.29) is 104 Å². The number of nitrogens with one attached hydrogen (secondary N) is 2. The summed E-state index contributed by atoms with van der Waals surface area (Å²) in [5.74, 6) is -1.45. The fraction of sp³-hybridized carbons (Fsp3) is 0.789. The van der Waals surface area contributed by atoms with Crippen molar-refractivity contribution in [2.24, 2.45) is 10.8 Å². The minimum Gasteiger partial charge on any atom is -0.507 e. The Labute approximate surface area is 546 Å². The SMILES string of the molecule is CCCCC(Cc1cc(C)c(O)c(C(C)(C)C)c1)(C(=O)OC1CC(C)(C)N(C)C(C)(C)C1)C(=O)OC1CC(C)(C)N(C)C(C)(C)C1.CCCCC(Cc1cc(C)c(O)c(C(C)(C)C)c1)(C(=O)OC1CC(C)(C)NC(C)(C)C1)C(=O)OC1CC(C)(C)NC(C)(C)C1. The lowest BCUT2D eigenvalue weighted by Gasteiger charge is -2.53. The fourth-order valence-electron chi connectivity index (χ4n) is 16.2. The smallest absolute Gasteiger partial charge is 0.324 e. The van der Waals surface area contributed by atoms with Crippen LogP contribution in [0.25, 0.3) is 0 Å². The topological polar surface area (TPSA) is 176 Å². The number of aryl methyl sites for hydroxylation is 2. The zero-order valence-corrected chi connectivity index (χ0v) is 62.0. The molecule has 14 heteroatoms. The van der Waals surface area contributed by atoms with Gasteiger partial charge >= 0.3 is 23.9 Å². The number of hydrogen-bond donors (Lipinski definition) is 4. The molecule has 512 valence electrons.